The van der Waals surface area contributed by atoms with Gasteiger partial charge < -0.3 is 15.8 Å². The summed E-state index contributed by atoms with van der Waals surface area (Å²) in [6, 6.07) is 8.07. The summed E-state index contributed by atoms with van der Waals surface area (Å²) in [5.41, 5.74) is 6.15. The summed E-state index contributed by atoms with van der Waals surface area (Å²) in [5, 5.41) is 2.52. The number of hydrogen-bond donors (Lipinski definition) is 2. The molecule has 4 nitrogen and oxygen atoms in total. The van der Waals surface area contributed by atoms with Crippen molar-refractivity contribution < 1.29 is 18.3 Å². The highest BCUT2D eigenvalue weighted by Crippen LogP contribution is 2.17. The fourth-order valence-corrected chi connectivity index (χ4v) is 1.67. The number of amides is 1. The van der Waals surface area contributed by atoms with Crippen LogP contribution in [0.15, 0.2) is 36.4 Å². The topological polar surface area (TPSA) is 64.3 Å². The Kier molecular flexibility index (Phi) is 4.37. The first-order chi connectivity index (χ1) is 9.95. The van der Waals surface area contributed by atoms with Gasteiger partial charge in [0.1, 0.15) is 17.4 Å². The Balaban J connectivity index is 1.92. The van der Waals surface area contributed by atoms with Gasteiger partial charge in [0.05, 0.1) is 5.69 Å². The van der Waals surface area contributed by atoms with Crippen molar-refractivity contribution in [3.63, 3.8) is 0 Å². The lowest BCUT2D eigenvalue weighted by Crippen LogP contribution is -2.20. The summed E-state index contributed by atoms with van der Waals surface area (Å²) >= 11 is 0. The van der Waals surface area contributed by atoms with E-state index >= 15 is 0 Å². The number of hydrogen-bond acceptors (Lipinski definition) is 3. The first-order valence-corrected chi connectivity index (χ1v) is 6.19. The molecule has 0 saturated carbocycles. The van der Waals surface area contributed by atoms with Crippen LogP contribution in [-0.2, 0) is 4.79 Å². The molecule has 0 aliphatic carbocycles. The number of nitrogens with two attached hydrogens (primary N) is 1. The number of aryl methyl sites for hydroxylation is 1. The largest absolute Gasteiger partial charge is 0.484 e. The molecule has 3 N–H and O–H groups in total. The molecule has 2 aromatic rings. The Hall–Kier alpha value is -2.63. The second-order valence-corrected chi connectivity index (χ2v) is 4.48. The third kappa shape index (κ3) is 3.92. The van der Waals surface area contributed by atoms with Crippen LogP contribution in [-0.4, -0.2) is 12.5 Å². The van der Waals surface area contributed by atoms with Gasteiger partial charge in [-0.1, -0.05) is 0 Å². The summed E-state index contributed by atoms with van der Waals surface area (Å²) in [7, 11) is 0. The molecule has 1 amide bonds. The van der Waals surface area contributed by atoms with Crippen LogP contribution >= 0.6 is 0 Å². The zero-order chi connectivity index (χ0) is 15.4. The number of rotatable bonds is 4. The van der Waals surface area contributed by atoms with Gasteiger partial charge in [-0.05, 0) is 48.9 Å². The van der Waals surface area contributed by atoms with Crippen molar-refractivity contribution in [3.05, 3.63) is 53.6 Å². The number of carbonyl (C=O) groups excluding carboxylic acids is 1. The molecule has 2 aromatic carbocycles. The molecular formula is C15H14F2N2O2. The molecule has 0 unspecified atom stereocenters. The minimum atomic E-state index is -0.550. The van der Waals surface area contributed by atoms with Crippen molar-refractivity contribution >= 4 is 17.3 Å². The van der Waals surface area contributed by atoms with Crippen LogP contribution in [0.3, 0.4) is 0 Å². The van der Waals surface area contributed by atoms with E-state index in [1.54, 1.807) is 6.92 Å². The lowest BCUT2D eigenvalue weighted by atomic mass is 10.2. The van der Waals surface area contributed by atoms with Gasteiger partial charge in [-0.15, -0.1) is 0 Å². The second kappa shape index (κ2) is 6.21. The Bertz CT molecular complexity index is 675. The Morgan fingerprint density at radius 3 is 2.57 bits per heavy atom. The minimum absolute atomic E-state index is 0.0529. The van der Waals surface area contributed by atoms with Crippen molar-refractivity contribution in [2.45, 2.75) is 6.92 Å². The Morgan fingerprint density at radius 1 is 1.19 bits per heavy atom. The van der Waals surface area contributed by atoms with Gasteiger partial charge >= 0.3 is 0 Å². The van der Waals surface area contributed by atoms with Crippen molar-refractivity contribution in [3.8, 4) is 5.75 Å². The maximum atomic E-state index is 13.1. The third-order valence-corrected chi connectivity index (χ3v) is 2.78. The summed E-state index contributed by atoms with van der Waals surface area (Å²) in [6.45, 7) is 1.35. The molecule has 21 heavy (non-hydrogen) atoms. The molecule has 0 aliphatic rings. The van der Waals surface area contributed by atoms with E-state index in [4.69, 9.17) is 10.5 Å². The molecule has 0 spiro atoms. The van der Waals surface area contributed by atoms with E-state index in [9.17, 15) is 13.6 Å². The van der Waals surface area contributed by atoms with Gasteiger partial charge in [-0.25, -0.2) is 8.78 Å². The number of halogens is 2. The quantitative estimate of drug-likeness (QED) is 0.852. The average Bonchev–Trinajstić information content (AvgIpc) is 2.44. The number of carbonyl (C=O) groups is 1. The van der Waals surface area contributed by atoms with Crippen molar-refractivity contribution in [1.29, 1.82) is 0 Å². The van der Waals surface area contributed by atoms with Crippen LogP contribution in [0.4, 0.5) is 20.2 Å². The first-order valence-electron chi connectivity index (χ1n) is 6.19. The van der Waals surface area contributed by atoms with Crippen LogP contribution in [0, 0.1) is 18.6 Å². The van der Waals surface area contributed by atoms with Crippen LogP contribution in [0.25, 0.3) is 0 Å². The van der Waals surface area contributed by atoms with Gasteiger partial charge in [0.15, 0.2) is 6.61 Å². The molecule has 2 rings (SSSR count). The zero-order valence-electron chi connectivity index (χ0n) is 11.3. The van der Waals surface area contributed by atoms with E-state index in [1.165, 1.54) is 30.3 Å². The third-order valence-electron chi connectivity index (χ3n) is 2.78. The highest BCUT2D eigenvalue weighted by molar-refractivity contribution is 5.92. The van der Waals surface area contributed by atoms with Gasteiger partial charge in [0, 0.05) is 5.69 Å². The fourth-order valence-electron chi connectivity index (χ4n) is 1.67. The minimum Gasteiger partial charge on any atom is -0.484 e. The summed E-state index contributed by atoms with van der Waals surface area (Å²) in [6.07, 6.45) is 0. The lowest BCUT2D eigenvalue weighted by Gasteiger charge is -2.09. The highest BCUT2D eigenvalue weighted by Gasteiger charge is 2.07. The van der Waals surface area contributed by atoms with Gasteiger partial charge in [0.2, 0.25) is 0 Å². The predicted molar refractivity (Wildman–Crippen MR) is 76.1 cm³/mol. The standard InChI is InChI=1S/C15H14F2N2O2/c1-9-6-11(3-5-12(9)16)21-8-15(20)19-10-2-4-13(17)14(18)7-10/h2-7H,8,18H2,1H3,(H,19,20). The smallest absolute Gasteiger partial charge is 0.262 e. The monoisotopic (exact) mass is 292 g/mol. The number of nitrogen functional groups attached to an aromatic ring is 1. The Morgan fingerprint density at radius 2 is 1.90 bits per heavy atom. The Labute approximate surface area is 120 Å². The van der Waals surface area contributed by atoms with Crippen molar-refractivity contribution in [1.82, 2.24) is 0 Å². The van der Waals surface area contributed by atoms with Gasteiger partial charge in [-0.3, -0.25) is 4.79 Å². The van der Waals surface area contributed by atoms with Crippen LogP contribution in [0.1, 0.15) is 5.56 Å². The second-order valence-electron chi connectivity index (χ2n) is 4.48. The number of ether oxygens (including phenoxy) is 1. The van der Waals surface area contributed by atoms with Crippen LogP contribution in [0.2, 0.25) is 0 Å². The van der Waals surface area contributed by atoms with E-state index in [2.05, 4.69) is 5.32 Å². The SMILES string of the molecule is Cc1cc(OCC(=O)Nc2ccc(F)c(N)c2)ccc1F. The molecule has 110 valence electrons. The maximum Gasteiger partial charge on any atom is 0.262 e. The lowest BCUT2D eigenvalue weighted by molar-refractivity contribution is -0.118. The summed E-state index contributed by atoms with van der Waals surface area (Å²) < 4.78 is 31.3. The van der Waals surface area contributed by atoms with E-state index in [0.717, 1.165) is 6.07 Å². The highest BCUT2D eigenvalue weighted by atomic mass is 19.1. The summed E-state index contributed by atoms with van der Waals surface area (Å²) in [5.74, 6) is -0.926. The zero-order valence-corrected chi connectivity index (χ0v) is 11.3. The first kappa shape index (κ1) is 14.8. The van der Waals surface area contributed by atoms with Crippen molar-refractivity contribution in [2.24, 2.45) is 0 Å². The normalized spacial score (nSPS) is 10.2. The molecule has 6 heteroatoms. The number of nitrogens with one attached hydrogen (secondary N) is 1. The molecule has 0 saturated heterocycles. The van der Waals surface area contributed by atoms with E-state index in [-0.39, 0.29) is 18.1 Å². The molecule has 0 aliphatic heterocycles. The number of benzene rings is 2. The van der Waals surface area contributed by atoms with Gasteiger partial charge in [0.25, 0.3) is 5.91 Å². The fraction of sp³-hybridized carbons (Fsp3) is 0.133. The molecular weight excluding hydrogens is 278 g/mol. The van der Waals surface area contributed by atoms with E-state index < -0.39 is 11.7 Å². The molecule has 0 fully saturated rings. The average molecular weight is 292 g/mol. The maximum absolute atomic E-state index is 13.1. The molecule has 0 heterocycles. The van der Waals surface area contributed by atoms with Crippen LogP contribution in [0.5, 0.6) is 5.75 Å². The van der Waals surface area contributed by atoms with Gasteiger partial charge in [-0.2, -0.15) is 0 Å². The van der Waals surface area contributed by atoms with E-state index in [0.29, 0.717) is 17.0 Å². The van der Waals surface area contributed by atoms with Crippen LogP contribution < -0.4 is 15.8 Å². The molecule has 0 aromatic heterocycles. The van der Waals surface area contributed by atoms with E-state index in [1.807, 2.05) is 0 Å². The molecule has 0 atom stereocenters. The predicted octanol–water partition coefficient (Wildman–Crippen LogP) is 2.87. The van der Waals surface area contributed by atoms with Crippen molar-refractivity contribution in [2.75, 3.05) is 17.7 Å². The number of anilines is 2. The molecule has 0 radical (unpaired) electrons. The molecule has 0 bridgehead atoms. The summed E-state index contributed by atoms with van der Waals surface area (Å²) in [4.78, 5) is 11.7.